The summed E-state index contributed by atoms with van der Waals surface area (Å²) in [7, 11) is 0. The second-order valence-electron chi connectivity index (χ2n) is 4.99. The molecular formula is C19H20O3. The molecular weight excluding hydrogens is 276 g/mol. The van der Waals surface area contributed by atoms with Crippen LogP contribution >= 0.6 is 0 Å². The van der Waals surface area contributed by atoms with Gasteiger partial charge in [0.1, 0.15) is 5.75 Å². The largest absolute Gasteiger partial charge is 0.423 e. The van der Waals surface area contributed by atoms with E-state index in [0.29, 0.717) is 5.75 Å². The van der Waals surface area contributed by atoms with Crippen LogP contribution in [0.15, 0.2) is 60.7 Å². The molecule has 3 heteroatoms. The van der Waals surface area contributed by atoms with E-state index in [1.165, 1.54) is 11.6 Å². The monoisotopic (exact) mass is 296 g/mol. The third-order valence-corrected chi connectivity index (χ3v) is 3.23. The molecule has 0 aromatic heterocycles. The molecule has 0 unspecified atom stereocenters. The van der Waals surface area contributed by atoms with E-state index >= 15 is 0 Å². The summed E-state index contributed by atoms with van der Waals surface area (Å²) < 4.78 is 5.18. The fourth-order valence-electron chi connectivity index (χ4n) is 2.04. The van der Waals surface area contributed by atoms with E-state index in [9.17, 15) is 4.79 Å². The minimum absolute atomic E-state index is 0.240. The number of hydrogen-bond acceptors (Lipinski definition) is 3. The van der Waals surface area contributed by atoms with Gasteiger partial charge in [-0.15, -0.1) is 0 Å². The highest BCUT2D eigenvalue weighted by Crippen LogP contribution is 2.11. The average molecular weight is 296 g/mol. The molecule has 0 spiro atoms. The highest BCUT2D eigenvalue weighted by Gasteiger charge is 1.99. The first-order chi connectivity index (χ1) is 10.8. The lowest BCUT2D eigenvalue weighted by atomic mass is 10.1. The normalized spacial score (nSPS) is 10.8. The summed E-state index contributed by atoms with van der Waals surface area (Å²) in [5.74, 6) is 0.148. The number of para-hydroxylation sites is 1. The molecule has 2 aromatic carbocycles. The summed E-state index contributed by atoms with van der Waals surface area (Å²) in [6, 6.07) is 17.0. The van der Waals surface area contributed by atoms with Crippen molar-refractivity contribution in [3.63, 3.8) is 0 Å². The van der Waals surface area contributed by atoms with Gasteiger partial charge in [0.25, 0.3) is 0 Å². The summed E-state index contributed by atoms with van der Waals surface area (Å²) in [5.41, 5.74) is 2.19. The molecule has 3 nitrogen and oxygen atoms in total. The Labute approximate surface area is 130 Å². The lowest BCUT2D eigenvalue weighted by molar-refractivity contribution is -0.128. The Hall–Kier alpha value is -2.39. The molecule has 0 saturated carbocycles. The first kappa shape index (κ1) is 16.0. The van der Waals surface area contributed by atoms with Crippen molar-refractivity contribution in [2.24, 2.45) is 0 Å². The third-order valence-electron chi connectivity index (χ3n) is 3.23. The van der Waals surface area contributed by atoms with Crippen molar-refractivity contribution >= 4 is 12.0 Å². The predicted molar refractivity (Wildman–Crippen MR) is 87.6 cm³/mol. The Morgan fingerprint density at radius 2 is 1.73 bits per heavy atom. The number of ether oxygens (including phenoxy) is 1. The van der Waals surface area contributed by atoms with E-state index in [-0.39, 0.29) is 6.61 Å². The van der Waals surface area contributed by atoms with Crippen LogP contribution in [-0.4, -0.2) is 17.7 Å². The van der Waals surface area contributed by atoms with Gasteiger partial charge in [0.15, 0.2) is 0 Å². The van der Waals surface area contributed by atoms with Crippen molar-refractivity contribution in [3.05, 3.63) is 71.8 Å². The number of hydrogen-bond donors (Lipinski definition) is 1. The number of rotatable bonds is 7. The highest BCUT2D eigenvalue weighted by molar-refractivity contribution is 5.88. The number of aryl methyl sites for hydroxylation is 1. The fourth-order valence-corrected chi connectivity index (χ4v) is 2.04. The zero-order valence-electron chi connectivity index (χ0n) is 12.4. The smallest absolute Gasteiger partial charge is 0.336 e. The number of unbranched alkanes of at least 4 members (excludes halogenated alkanes) is 1. The van der Waals surface area contributed by atoms with E-state index in [2.05, 4.69) is 0 Å². The summed E-state index contributed by atoms with van der Waals surface area (Å²) in [6.45, 7) is 0.240. The molecule has 2 rings (SSSR count). The zero-order valence-corrected chi connectivity index (χ0v) is 12.4. The van der Waals surface area contributed by atoms with Crippen molar-refractivity contribution in [3.8, 4) is 5.75 Å². The van der Waals surface area contributed by atoms with Gasteiger partial charge in [0.05, 0.1) is 0 Å². The van der Waals surface area contributed by atoms with Gasteiger partial charge >= 0.3 is 5.97 Å². The van der Waals surface area contributed by atoms with Crippen molar-refractivity contribution in [1.82, 2.24) is 0 Å². The highest BCUT2D eigenvalue weighted by atomic mass is 16.5. The summed E-state index contributed by atoms with van der Waals surface area (Å²) in [4.78, 5) is 11.7. The van der Waals surface area contributed by atoms with Crippen LogP contribution < -0.4 is 4.74 Å². The number of carbonyl (C=O) groups is 1. The Balaban J connectivity index is 1.85. The summed E-state index contributed by atoms with van der Waals surface area (Å²) in [5, 5.41) is 8.76. The average Bonchev–Trinajstić information content (AvgIpc) is 2.55. The van der Waals surface area contributed by atoms with Crippen molar-refractivity contribution < 1.29 is 14.6 Å². The quantitative estimate of drug-likeness (QED) is 0.367. The number of aliphatic hydroxyl groups excluding tert-OH is 1. The maximum atomic E-state index is 11.7. The van der Waals surface area contributed by atoms with Gasteiger partial charge in [0.2, 0.25) is 0 Å². The van der Waals surface area contributed by atoms with Crippen molar-refractivity contribution in [1.29, 1.82) is 0 Å². The van der Waals surface area contributed by atoms with Crippen LogP contribution in [0.4, 0.5) is 0 Å². The van der Waals surface area contributed by atoms with Gasteiger partial charge < -0.3 is 9.84 Å². The minimum atomic E-state index is -0.391. The van der Waals surface area contributed by atoms with E-state index in [1.54, 1.807) is 18.2 Å². The molecule has 0 aliphatic rings. The number of aliphatic hydroxyl groups is 1. The molecule has 0 bridgehead atoms. The Morgan fingerprint density at radius 3 is 2.41 bits per heavy atom. The molecule has 2 aromatic rings. The third kappa shape index (κ3) is 5.54. The van der Waals surface area contributed by atoms with Crippen LogP contribution in [0.1, 0.15) is 24.0 Å². The van der Waals surface area contributed by atoms with Gasteiger partial charge in [-0.05, 0) is 48.6 Å². The van der Waals surface area contributed by atoms with Crippen molar-refractivity contribution in [2.45, 2.75) is 19.3 Å². The molecule has 0 aliphatic heterocycles. The number of esters is 1. The zero-order chi connectivity index (χ0) is 15.6. The maximum Gasteiger partial charge on any atom is 0.336 e. The SMILES string of the molecule is O=C(/C=C/c1ccc(CCCCO)cc1)Oc1ccccc1. The van der Waals surface area contributed by atoms with E-state index in [1.807, 2.05) is 42.5 Å². The van der Waals surface area contributed by atoms with Crippen molar-refractivity contribution in [2.75, 3.05) is 6.61 Å². The van der Waals surface area contributed by atoms with Gasteiger partial charge in [-0.1, -0.05) is 42.5 Å². The van der Waals surface area contributed by atoms with Crippen LogP contribution in [-0.2, 0) is 11.2 Å². The van der Waals surface area contributed by atoms with Gasteiger partial charge in [-0.2, -0.15) is 0 Å². The summed E-state index contributed by atoms with van der Waals surface area (Å²) >= 11 is 0. The second-order valence-corrected chi connectivity index (χ2v) is 4.99. The molecule has 0 atom stereocenters. The van der Waals surface area contributed by atoms with Gasteiger partial charge in [-0.3, -0.25) is 0 Å². The topological polar surface area (TPSA) is 46.5 Å². The molecule has 0 heterocycles. The standard InChI is InChI=1S/C19H20O3/c20-15-5-4-6-16-9-11-17(12-10-16)13-14-19(21)22-18-7-2-1-3-8-18/h1-3,7-14,20H,4-6,15H2/b14-13+. The maximum absolute atomic E-state index is 11.7. The molecule has 114 valence electrons. The fraction of sp³-hybridized carbons (Fsp3) is 0.211. The van der Waals surface area contributed by atoms with E-state index in [4.69, 9.17) is 9.84 Å². The molecule has 0 fully saturated rings. The molecule has 22 heavy (non-hydrogen) atoms. The lowest BCUT2D eigenvalue weighted by Crippen LogP contribution is -2.03. The van der Waals surface area contributed by atoms with Gasteiger partial charge in [0, 0.05) is 12.7 Å². The molecule has 0 radical (unpaired) electrons. The Bertz CT molecular complexity index is 600. The predicted octanol–water partition coefficient (Wildman–Crippen LogP) is 3.62. The van der Waals surface area contributed by atoms with Crippen LogP contribution in [0.25, 0.3) is 6.08 Å². The Kier molecular flexibility index (Phi) is 6.39. The van der Waals surface area contributed by atoms with Gasteiger partial charge in [-0.25, -0.2) is 4.79 Å². The summed E-state index contributed by atoms with van der Waals surface area (Å²) in [6.07, 6.45) is 5.93. The second kappa shape index (κ2) is 8.80. The molecule has 0 amide bonds. The minimum Gasteiger partial charge on any atom is -0.423 e. The Morgan fingerprint density at radius 1 is 1.00 bits per heavy atom. The molecule has 0 saturated heterocycles. The van der Waals surface area contributed by atoms with Crippen LogP contribution in [0, 0.1) is 0 Å². The first-order valence-electron chi connectivity index (χ1n) is 7.42. The van der Waals surface area contributed by atoms with E-state index in [0.717, 1.165) is 24.8 Å². The molecule has 0 aliphatic carbocycles. The lowest BCUT2D eigenvalue weighted by Gasteiger charge is -2.02. The number of carbonyl (C=O) groups excluding carboxylic acids is 1. The number of benzene rings is 2. The van der Waals surface area contributed by atoms with Crippen LogP contribution in [0.3, 0.4) is 0 Å². The van der Waals surface area contributed by atoms with E-state index < -0.39 is 5.97 Å². The van der Waals surface area contributed by atoms with Crippen LogP contribution in [0.2, 0.25) is 0 Å². The molecule has 1 N–H and O–H groups in total. The first-order valence-corrected chi connectivity index (χ1v) is 7.42. The van der Waals surface area contributed by atoms with Crippen LogP contribution in [0.5, 0.6) is 5.75 Å².